The average Bonchev–Trinajstić information content (AvgIpc) is 0.783. The van der Waals surface area contributed by atoms with Crippen LogP contribution in [-0.2, 0) is 10.8 Å². The Morgan fingerprint density at radius 2 is 0.448 bits per heavy atom. The van der Waals surface area contributed by atoms with Gasteiger partial charge in [0.2, 0.25) is 0 Å². The highest BCUT2D eigenvalue weighted by Gasteiger charge is 2.29. The Morgan fingerprint density at radius 1 is 0.240 bits per heavy atom. The van der Waals surface area contributed by atoms with E-state index in [9.17, 15) is 28.8 Å². The summed E-state index contributed by atoms with van der Waals surface area (Å²) in [7, 11) is 0. The Kier molecular flexibility index (Phi) is 21.5. The van der Waals surface area contributed by atoms with Crippen molar-refractivity contribution in [2.45, 2.75) is 45.4 Å². The van der Waals surface area contributed by atoms with Crippen LogP contribution in [0.15, 0.2) is 267 Å². The zero-order chi connectivity index (χ0) is 68.5. The van der Waals surface area contributed by atoms with Crippen molar-refractivity contribution in [3.8, 4) is 34.5 Å². The quantitative estimate of drug-likeness (QED) is 0.0341. The highest BCUT2D eigenvalue weighted by molar-refractivity contribution is 5.94. The first-order valence-corrected chi connectivity index (χ1v) is 30.2. The van der Waals surface area contributed by atoms with Gasteiger partial charge in [-0.25, -0.2) is 28.8 Å². The molecule has 0 saturated heterocycles. The van der Waals surface area contributed by atoms with Crippen LogP contribution in [0.25, 0.3) is 0 Å². The summed E-state index contributed by atoms with van der Waals surface area (Å²) in [5.41, 5.74) is 38.4. The molecule has 0 saturated carbocycles. The van der Waals surface area contributed by atoms with Crippen LogP contribution in [0, 0.1) is 6.92 Å². The number of esters is 6. The van der Waals surface area contributed by atoms with Crippen LogP contribution < -0.4 is 57.1 Å². The van der Waals surface area contributed by atoms with Crippen LogP contribution in [0.2, 0.25) is 0 Å². The van der Waals surface area contributed by atoms with Gasteiger partial charge in [-0.15, -0.1) is 0 Å². The molecule has 0 bridgehead atoms. The Hall–Kier alpha value is -12.8. The maximum absolute atomic E-state index is 12.6. The summed E-state index contributed by atoms with van der Waals surface area (Å²) < 4.78 is 32.3. The first kappa shape index (κ1) is 67.6. The van der Waals surface area contributed by atoms with Crippen molar-refractivity contribution in [2.24, 2.45) is 0 Å². The van der Waals surface area contributed by atoms with Crippen LogP contribution in [0.5, 0.6) is 34.5 Å². The first-order chi connectivity index (χ1) is 45.9. The van der Waals surface area contributed by atoms with Gasteiger partial charge in [0, 0.05) is 45.3 Å². The highest BCUT2D eigenvalue weighted by Crippen LogP contribution is 2.38. The fourth-order valence-electron chi connectivity index (χ4n) is 9.47. The summed E-state index contributed by atoms with van der Waals surface area (Å²) in [4.78, 5) is 73.4. The monoisotopic (exact) mass is 1280 g/mol. The lowest BCUT2D eigenvalue weighted by Crippen LogP contribution is -2.23. The molecule has 0 aromatic heterocycles. The second-order valence-corrected chi connectivity index (χ2v) is 23.1. The lowest BCUT2D eigenvalue weighted by atomic mass is 9.73. The van der Waals surface area contributed by atoms with E-state index in [4.69, 9.17) is 57.1 Å². The van der Waals surface area contributed by atoms with Crippen molar-refractivity contribution in [1.29, 1.82) is 0 Å². The van der Waals surface area contributed by atoms with Crippen LogP contribution in [0.1, 0.15) is 118 Å². The molecule has 0 heterocycles. The molecule has 96 heavy (non-hydrogen) atoms. The van der Waals surface area contributed by atoms with E-state index in [0.717, 1.165) is 16.7 Å². The third-order valence-corrected chi connectivity index (χ3v) is 15.4. The van der Waals surface area contributed by atoms with E-state index in [-0.39, 0.29) is 28.3 Å². The minimum absolute atomic E-state index is 0.259. The number of benzene rings is 11. The number of carbonyl (C=O) groups is 6. The maximum atomic E-state index is 12.6. The van der Waals surface area contributed by atoms with E-state index in [0.29, 0.717) is 84.8 Å². The minimum Gasteiger partial charge on any atom is -0.423 e. The van der Waals surface area contributed by atoms with Gasteiger partial charge in [0.15, 0.2) is 0 Å². The molecule has 482 valence electrons. The fraction of sp³-hybridized carbons (Fsp3) is 0.0886. The second-order valence-electron chi connectivity index (χ2n) is 23.1. The molecule has 0 aliphatic rings. The number of ether oxygens (including phenoxy) is 6. The van der Waals surface area contributed by atoms with Gasteiger partial charge in [-0.2, -0.15) is 0 Å². The molecule has 0 fully saturated rings. The molecule has 17 nitrogen and oxygen atoms in total. The summed E-state index contributed by atoms with van der Waals surface area (Å²) in [6.45, 7) is 10.7. The highest BCUT2D eigenvalue weighted by atomic mass is 16.6. The second kappa shape index (κ2) is 30.6. The number of nitrogen functional groups attached to an aromatic ring is 5. The first-order valence-electron chi connectivity index (χ1n) is 30.2. The molecule has 0 spiro atoms. The largest absolute Gasteiger partial charge is 0.423 e. The SMILES string of the molecule is Cc1ccc(C(=O)Oc2ccc(C(C)(C)c3cccc(C(C)(C)c4ccc(OC(=O)c5ccc(N)cc5)cc4)c3)cc2)cc1.Nc1ccc(C(=O)Oc2ccc(OC(=O)c3ccc(N)cc3)cc2)cc1.Nc1ccc(C(=O)Oc2cccc(OC(=O)c3ccc(N)cc3)c2)cc1. The van der Waals surface area contributed by atoms with Gasteiger partial charge in [0.05, 0.1) is 33.4 Å². The number of carbonyl (C=O) groups excluding carboxylic acids is 6. The molecule has 17 heteroatoms. The van der Waals surface area contributed by atoms with E-state index in [1.807, 2.05) is 67.6 Å². The molecule has 0 radical (unpaired) electrons. The molecular formula is C79H69N5O12. The number of nitrogens with two attached hydrogens (primary N) is 5. The van der Waals surface area contributed by atoms with Gasteiger partial charge in [-0.1, -0.05) is 100.0 Å². The lowest BCUT2D eigenvalue weighted by molar-refractivity contribution is 0.0717. The topological polar surface area (TPSA) is 288 Å². The van der Waals surface area contributed by atoms with E-state index >= 15 is 0 Å². The molecule has 0 unspecified atom stereocenters. The molecule has 0 amide bonds. The van der Waals surface area contributed by atoms with Crippen molar-refractivity contribution in [1.82, 2.24) is 0 Å². The third kappa shape index (κ3) is 18.3. The predicted octanol–water partition coefficient (Wildman–Crippen LogP) is 15.2. The molecule has 0 atom stereocenters. The van der Waals surface area contributed by atoms with Gasteiger partial charge < -0.3 is 57.1 Å². The molecular weight excluding hydrogens is 1210 g/mol. The van der Waals surface area contributed by atoms with Crippen LogP contribution in [0.4, 0.5) is 28.4 Å². The van der Waals surface area contributed by atoms with E-state index in [2.05, 4.69) is 52.0 Å². The molecule has 11 aromatic carbocycles. The Balaban J connectivity index is 0.000000179. The van der Waals surface area contributed by atoms with Crippen molar-refractivity contribution in [2.75, 3.05) is 28.7 Å². The van der Waals surface area contributed by atoms with E-state index in [1.54, 1.807) is 176 Å². The number of anilines is 5. The van der Waals surface area contributed by atoms with Gasteiger partial charge in [0.1, 0.15) is 34.5 Å². The molecule has 11 rings (SSSR count). The van der Waals surface area contributed by atoms with E-state index in [1.165, 1.54) is 17.2 Å². The van der Waals surface area contributed by atoms with Gasteiger partial charge >= 0.3 is 35.8 Å². The van der Waals surface area contributed by atoms with Crippen molar-refractivity contribution in [3.05, 3.63) is 328 Å². The van der Waals surface area contributed by atoms with Gasteiger partial charge in [-0.3, -0.25) is 0 Å². The lowest BCUT2D eigenvalue weighted by Gasteiger charge is -2.31. The number of rotatable bonds is 16. The number of hydrogen-bond donors (Lipinski definition) is 5. The summed E-state index contributed by atoms with van der Waals surface area (Å²) in [5.74, 6) is -0.708. The summed E-state index contributed by atoms with van der Waals surface area (Å²) >= 11 is 0. The Morgan fingerprint density at radius 3 is 0.698 bits per heavy atom. The standard InChI is InChI=1S/C39H37NO4.2C20H16N2O4/c1-26-9-11-27(12-10-26)36(41)43-34-21-15-29(16-22-34)38(2,3)31-7-6-8-32(25-31)39(4,5)30-17-23-35(24-18-30)44-37(42)28-13-19-33(40)20-14-28;21-15-5-1-13(2-6-15)19(23)25-17-9-11-18(12-10-17)26-20(24)14-3-7-16(22)8-4-14;21-15-8-4-13(5-9-15)19(23)25-17-2-1-3-18(12-17)26-20(24)14-6-10-16(22)11-7-14/h6-25H,40H2,1-5H3;2*1-12H,21-22H2. The summed E-state index contributed by atoms with van der Waals surface area (Å²) in [5, 5.41) is 0. The summed E-state index contributed by atoms with van der Waals surface area (Å²) in [6.07, 6.45) is 0. The molecule has 0 aliphatic heterocycles. The Labute approximate surface area is 555 Å². The smallest absolute Gasteiger partial charge is 0.343 e. The molecule has 10 N–H and O–H groups in total. The van der Waals surface area contributed by atoms with Crippen LogP contribution >= 0.6 is 0 Å². The molecule has 0 aliphatic carbocycles. The normalized spacial score (nSPS) is 10.8. The zero-order valence-corrected chi connectivity index (χ0v) is 53.2. The van der Waals surface area contributed by atoms with Crippen LogP contribution in [0.3, 0.4) is 0 Å². The summed E-state index contributed by atoms with van der Waals surface area (Å²) in [6, 6.07) is 76.0. The fourth-order valence-corrected chi connectivity index (χ4v) is 9.47. The van der Waals surface area contributed by atoms with Gasteiger partial charge in [0.25, 0.3) is 0 Å². The van der Waals surface area contributed by atoms with Gasteiger partial charge in [-0.05, 0) is 223 Å². The van der Waals surface area contributed by atoms with Crippen molar-refractivity contribution >= 4 is 64.3 Å². The third-order valence-electron chi connectivity index (χ3n) is 15.4. The number of hydrogen-bond acceptors (Lipinski definition) is 17. The van der Waals surface area contributed by atoms with Crippen LogP contribution in [-0.4, -0.2) is 35.8 Å². The maximum Gasteiger partial charge on any atom is 0.343 e. The van der Waals surface area contributed by atoms with Crippen molar-refractivity contribution < 1.29 is 57.2 Å². The zero-order valence-electron chi connectivity index (χ0n) is 53.2. The Bertz CT molecular complexity index is 4240. The average molecular weight is 1280 g/mol. The van der Waals surface area contributed by atoms with Crippen molar-refractivity contribution in [3.63, 3.8) is 0 Å². The molecule has 11 aromatic rings. The number of aryl methyl sites for hydroxylation is 1. The van der Waals surface area contributed by atoms with E-state index < -0.39 is 29.8 Å². The minimum atomic E-state index is -0.535. The predicted molar refractivity (Wildman–Crippen MR) is 372 cm³/mol.